The number of carbonyl (C=O) groups is 1. The van der Waals surface area contributed by atoms with Crippen molar-refractivity contribution in [3.8, 4) is 0 Å². The zero-order valence-corrected chi connectivity index (χ0v) is 12.1. The number of hydrogen-bond donors (Lipinski definition) is 0. The molecule has 0 spiro atoms. The van der Waals surface area contributed by atoms with Gasteiger partial charge in [0.2, 0.25) is 5.91 Å². The maximum absolute atomic E-state index is 12.5. The largest absolute Gasteiger partial charge is 0.416 e. The second kappa shape index (κ2) is 6.81. The molecule has 1 heterocycles. The standard InChI is InChI=1S/C17H18F3NO/c1-2-16(22)21-11-10-14(12-21)5-3-4-13-6-8-15(9-7-13)17(18,19)20/h2-3,5-9,14H,1,4,10-12H2/b5-3+/t14-/m0/s1. The smallest absolute Gasteiger partial charge is 0.339 e. The molecule has 2 rings (SSSR count). The zero-order valence-electron chi connectivity index (χ0n) is 12.1. The van der Waals surface area contributed by atoms with Gasteiger partial charge in [0.25, 0.3) is 0 Å². The summed E-state index contributed by atoms with van der Waals surface area (Å²) in [4.78, 5) is 13.2. The minimum atomic E-state index is -4.29. The van der Waals surface area contributed by atoms with Crippen molar-refractivity contribution >= 4 is 5.91 Å². The van der Waals surface area contributed by atoms with Gasteiger partial charge in [-0.05, 0) is 42.5 Å². The van der Waals surface area contributed by atoms with Crippen LogP contribution in [0.3, 0.4) is 0 Å². The number of hydrogen-bond acceptors (Lipinski definition) is 1. The molecule has 0 N–H and O–H groups in total. The summed E-state index contributed by atoms with van der Waals surface area (Å²) >= 11 is 0. The fraction of sp³-hybridized carbons (Fsp3) is 0.353. The van der Waals surface area contributed by atoms with Crippen LogP contribution in [0.15, 0.2) is 49.1 Å². The van der Waals surface area contributed by atoms with Gasteiger partial charge >= 0.3 is 6.18 Å². The van der Waals surface area contributed by atoms with E-state index in [1.807, 2.05) is 12.2 Å². The minimum Gasteiger partial charge on any atom is -0.339 e. The summed E-state index contributed by atoms with van der Waals surface area (Å²) in [5.74, 6) is 0.247. The third-order valence-electron chi connectivity index (χ3n) is 3.75. The van der Waals surface area contributed by atoms with Gasteiger partial charge in [-0.15, -0.1) is 0 Å². The number of rotatable bonds is 4. The number of alkyl halides is 3. The van der Waals surface area contributed by atoms with Crippen LogP contribution in [-0.4, -0.2) is 23.9 Å². The van der Waals surface area contributed by atoms with Crippen molar-refractivity contribution in [1.82, 2.24) is 4.90 Å². The lowest BCUT2D eigenvalue weighted by atomic mass is 10.1. The van der Waals surface area contributed by atoms with Crippen molar-refractivity contribution in [2.75, 3.05) is 13.1 Å². The summed E-state index contributed by atoms with van der Waals surface area (Å²) in [5, 5.41) is 0. The summed E-state index contributed by atoms with van der Waals surface area (Å²) < 4.78 is 37.4. The first-order valence-electron chi connectivity index (χ1n) is 7.14. The van der Waals surface area contributed by atoms with Gasteiger partial charge in [0.1, 0.15) is 0 Å². The number of amides is 1. The van der Waals surface area contributed by atoms with Crippen LogP contribution in [0.5, 0.6) is 0 Å². The Hall–Kier alpha value is -2.04. The van der Waals surface area contributed by atoms with E-state index in [1.165, 1.54) is 18.2 Å². The van der Waals surface area contributed by atoms with Gasteiger partial charge < -0.3 is 4.90 Å². The number of halogens is 3. The molecule has 1 saturated heterocycles. The highest BCUT2D eigenvalue weighted by Gasteiger charge is 2.29. The molecule has 1 aromatic carbocycles. The molecule has 0 aromatic heterocycles. The SMILES string of the molecule is C=CC(=O)N1CC[C@H](/C=C/Cc2ccc(C(F)(F)F)cc2)C1. The molecule has 1 aliphatic heterocycles. The summed E-state index contributed by atoms with van der Waals surface area (Å²) in [5.41, 5.74) is 0.205. The first-order valence-corrected chi connectivity index (χ1v) is 7.14. The number of carbonyl (C=O) groups excluding carboxylic acids is 1. The lowest BCUT2D eigenvalue weighted by Gasteiger charge is -2.12. The summed E-state index contributed by atoms with van der Waals surface area (Å²) in [6.07, 6.45) is 2.50. The van der Waals surface area contributed by atoms with Crippen LogP contribution in [0.25, 0.3) is 0 Å². The first-order chi connectivity index (χ1) is 10.4. The van der Waals surface area contributed by atoms with E-state index in [1.54, 1.807) is 4.90 Å². The molecule has 1 atom stereocenters. The third kappa shape index (κ3) is 4.23. The van der Waals surface area contributed by atoms with Crippen molar-refractivity contribution in [2.45, 2.75) is 19.0 Å². The van der Waals surface area contributed by atoms with Crippen LogP contribution in [0, 0.1) is 5.92 Å². The maximum Gasteiger partial charge on any atom is 0.416 e. The second-order valence-corrected chi connectivity index (χ2v) is 5.36. The van der Waals surface area contributed by atoms with E-state index < -0.39 is 11.7 Å². The van der Waals surface area contributed by atoms with Gasteiger partial charge in [-0.1, -0.05) is 30.9 Å². The molecule has 0 saturated carbocycles. The Balaban J connectivity index is 1.86. The van der Waals surface area contributed by atoms with Crippen LogP contribution in [0.1, 0.15) is 17.5 Å². The third-order valence-corrected chi connectivity index (χ3v) is 3.75. The molecule has 2 nitrogen and oxygen atoms in total. The summed E-state index contributed by atoms with van der Waals surface area (Å²) in [6, 6.07) is 5.19. The second-order valence-electron chi connectivity index (χ2n) is 5.36. The van der Waals surface area contributed by atoms with Crippen molar-refractivity contribution in [3.05, 3.63) is 60.2 Å². The molecule has 1 fully saturated rings. The van der Waals surface area contributed by atoms with Gasteiger partial charge in [-0.2, -0.15) is 13.2 Å². The lowest BCUT2D eigenvalue weighted by Crippen LogP contribution is -2.26. The number of nitrogens with zero attached hydrogens (tertiary/aromatic N) is 1. The van der Waals surface area contributed by atoms with Gasteiger partial charge in [-0.25, -0.2) is 0 Å². The van der Waals surface area contributed by atoms with Crippen LogP contribution >= 0.6 is 0 Å². The van der Waals surface area contributed by atoms with Crippen LogP contribution < -0.4 is 0 Å². The van der Waals surface area contributed by atoms with E-state index >= 15 is 0 Å². The Kier molecular flexibility index (Phi) is 5.06. The molecular weight excluding hydrogens is 291 g/mol. The topological polar surface area (TPSA) is 20.3 Å². The quantitative estimate of drug-likeness (QED) is 0.611. The Labute approximate surface area is 127 Å². The average molecular weight is 309 g/mol. The average Bonchev–Trinajstić information content (AvgIpc) is 2.95. The van der Waals surface area contributed by atoms with E-state index in [4.69, 9.17) is 0 Å². The Bertz CT molecular complexity index is 560. The Morgan fingerprint density at radius 3 is 2.59 bits per heavy atom. The van der Waals surface area contributed by atoms with Gasteiger partial charge in [-0.3, -0.25) is 4.79 Å². The van der Waals surface area contributed by atoms with Crippen molar-refractivity contribution in [1.29, 1.82) is 0 Å². The molecule has 5 heteroatoms. The fourth-order valence-corrected chi connectivity index (χ4v) is 2.50. The predicted molar refractivity (Wildman–Crippen MR) is 79.2 cm³/mol. The normalized spacial score (nSPS) is 18.9. The molecule has 0 aliphatic carbocycles. The fourth-order valence-electron chi connectivity index (χ4n) is 2.50. The predicted octanol–water partition coefficient (Wildman–Crippen LogP) is 3.84. The monoisotopic (exact) mass is 309 g/mol. The van der Waals surface area contributed by atoms with E-state index in [9.17, 15) is 18.0 Å². The first kappa shape index (κ1) is 16.3. The molecule has 1 aliphatic rings. The molecular formula is C17H18F3NO. The van der Waals surface area contributed by atoms with E-state index in [0.29, 0.717) is 18.9 Å². The Morgan fingerprint density at radius 1 is 1.32 bits per heavy atom. The molecule has 0 radical (unpaired) electrons. The summed E-state index contributed by atoms with van der Waals surface area (Å²) in [6.45, 7) is 4.86. The van der Waals surface area contributed by atoms with Gasteiger partial charge in [0, 0.05) is 13.1 Å². The lowest BCUT2D eigenvalue weighted by molar-refractivity contribution is -0.137. The Morgan fingerprint density at radius 2 is 2.00 bits per heavy atom. The van der Waals surface area contributed by atoms with Crippen LogP contribution in [0.4, 0.5) is 13.2 Å². The number of likely N-dealkylation sites (tertiary alicyclic amines) is 1. The van der Waals surface area contributed by atoms with Gasteiger partial charge in [0.05, 0.1) is 5.56 Å². The zero-order chi connectivity index (χ0) is 16.2. The van der Waals surface area contributed by atoms with Crippen LogP contribution in [0.2, 0.25) is 0 Å². The molecule has 118 valence electrons. The molecule has 0 unspecified atom stereocenters. The summed E-state index contributed by atoms with van der Waals surface area (Å²) in [7, 11) is 0. The highest BCUT2D eigenvalue weighted by molar-refractivity contribution is 5.87. The van der Waals surface area contributed by atoms with Crippen LogP contribution in [-0.2, 0) is 17.4 Å². The van der Waals surface area contributed by atoms with E-state index in [0.717, 1.165) is 30.7 Å². The molecule has 0 bridgehead atoms. The van der Waals surface area contributed by atoms with E-state index in [2.05, 4.69) is 6.58 Å². The highest BCUT2D eigenvalue weighted by atomic mass is 19.4. The molecule has 1 amide bonds. The number of benzene rings is 1. The maximum atomic E-state index is 12.5. The molecule has 1 aromatic rings. The van der Waals surface area contributed by atoms with Crippen molar-refractivity contribution in [2.24, 2.45) is 5.92 Å². The number of allylic oxidation sites excluding steroid dienone is 1. The van der Waals surface area contributed by atoms with Crippen molar-refractivity contribution < 1.29 is 18.0 Å². The van der Waals surface area contributed by atoms with E-state index in [-0.39, 0.29) is 5.91 Å². The van der Waals surface area contributed by atoms with Gasteiger partial charge in [0.15, 0.2) is 0 Å². The minimum absolute atomic E-state index is 0.0568. The van der Waals surface area contributed by atoms with Crippen molar-refractivity contribution in [3.63, 3.8) is 0 Å². The molecule has 22 heavy (non-hydrogen) atoms. The highest BCUT2D eigenvalue weighted by Crippen LogP contribution is 2.29.